The van der Waals surface area contributed by atoms with Crippen molar-refractivity contribution in [3.63, 3.8) is 0 Å². The summed E-state index contributed by atoms with van der Waals surface area (Å²) in [6.07, 6.45) is 3.79. The molecule has 1 aliphatic heterocycles. The molecule has 2 aliphatic rings. The fourth-order valence-electron chi connectivity index (χ4n) is 4.69. The predicted octanol–water partition coefficient (Wildman–Crippen LogP) is 1.70. The summed E-state index contributed by atoms with van der Waals surface area (Å²) in [6.45, 7) is 0. The first-order chi connectivity index (χ1) is 15.2. The summed E-state index contributed by atoms with van der Waals surface area (Å²) < 4.78 is 24.6. The molecule has 1 unspecified atom stereocenters. The van der Waals surface area contributed by atoms with Gasteiger partial charge in [0.1, 0.15) is 11.2 Å². The third kappa shape index (κ3) is 3.14. The number of hydrogen-bond donors (Lipinski definition) is 4. The molecule has 168 valence electrons. The summed E-state index contributed by atoms with van der Waals surface area (Å²) >= 11 is 0. The molecule has 1 aliphatic carbocycles. The number of anilines is 2. The number of nitrogens with two attached hydrogens (primary N) is 1. The Hall–Kier alpha value is -3.06. The lowest BCUT2D eigenvalue weighted by atomic mass is 9.79. The summed E-state index contributed by atoms with van der Waals surface area (Å²) in [5.41, 5.74) is 0.396. The number of amides is 1. The molecule has 0 radical (unpaired) electrons. The van der Waals surface area contributed by atoms with Gasteiger partial charge < -0.3 is 15.0 Å². The number of hydroxylamine groups is 2. The Labute approximate surface area is 183 Å². The fraction of sp³-hybridized carbons (Fsp3) is 0.350. The Morgan fingerprint density at radius 2 is 1.84 bits per heavy atom. The van der Waals surface area contributed by atoms with Gasteiger partial charge in [-0.1, -0.05) is 19.3 Å². The van der Waals surface area contributed by atoms with Crippen LogP contribution in [0.5, 0.6) is 0 Å². The van der Waals surface area contributed by atoms with Crippen molar-refractivity contribution in [2.45, 2.75) is 48.8 Å². The van der Waals surface area contributed by atoms with Crippen molar-refractivity contribution in [2.75, 3.05) is 5.32 Å². The van der Waals surface area contributed by atoms with Crippen LogP contribution in [-0.4, -0.2) is 44.2 Å². The third-order valence-electron chi connectivity index (χ3n) is 6.22. The van der Waals surface area contributed by atoms with Crippen LogP contribution >= 0.6 is 0 Å². The van der Waals surface area contributed by atoms with Gasteiger partial charge in [-0.25, -0.2) is 18.5 Å². The highest BCUT2D eigenvalue weighted by atomic mass is 32.2. The van der Waals surface area contributed by atoms with E-state index < -0.39 is 27.7 Å². The van der Waals surface area contributed by atoms with Gasteiger partial charge in [-0.2, -0.15) is 10.0 Å². The summed E-state index contributed by atoms with van der Waals surface area (Å²) in [5, 5.41) is 30.0. The van der Waals surface area contributed by atoms with Gasteiger partial charge in [-0.3, -0.25) is 10.0 Å². The maximum absolute atomic E-state index is 13.1. The zero-order valence-corrected chi connectivity index (χ0v) is 17.8. The summed E-state index contributed by atoms with van der Waals surface area (Å²) in [4.78, 5) is 22.0. The van der Waals surface area contributed by atoms with Crippen molar-refractivity contribution >= 4 is 38.6 Å². The summed E-state index contributed by atoms with van der Waals surface area (Å²) in [7, 11) is -3.80. The number of carbonyl (C=O) groups excluding carboxylic acids is 1. The smallest absolute Gasteiger partial charge is 0.275 e. The number of hydrogen-bond acceptors (Lipinski definition) is 8. The number of aromatic nitrogens is 3. The second-order valence-electron chi connectivity index (χ2n) is 8.19. The summed E-state index contributed by atoms with van der Waals surface area (Å²) in [5.74, 6) is -0.303. The lowest BCUT2D eigenvalue weighted by Crippen LogP contribution is -2.56. The van der Waals surface area contributed by atoms with E-state index in [-0.39, 0.29) is 10.8 Å². The van der Waals surface area contributed by atoms with Crippen molar-refractivity contribution in [3.05, 3.63) is 42.2 Å². The number of carbonyl (C=O) groups is 1. The maximum Gasteiger partial charge on any atom is 0.275 e. The molecule has 1 aromatic carbocycles. The van der Waals surface area contributed by atoms with Gasteiger partial charge in [0.05, 0.1) is 10.6 Å². The Morgan fingerprint density at radius 3 is 2.50 bits per heavy atom. The number of aliphatic hydroxyl groups is 1. The van der Waals surface area contributed by atoms with Crippen LogP contribution in [0, 0.1) is 0 Å². The van der Waals surface area contributed by atoms with Gasteiger partial charge in [-0.05, 0) is 43.2 Å². The van der Waals surface area contributed by atoms with Crippen LogP contribution in [0.3, 0.4) is 0 Å². The van der Waals surface area contributed by atoms with E-state index in [0.717, 1.165) is 19.3 Å². The maximum atomic E-state index is 13.1. The van der Waals surface area contributed by atoms with Crippen LogP contribution in [-0.2, 0) is 20.4 Å². The number of sulfonamides is 1. The minimum Gasteiger partial charge on any atom is -0.366 e. The molecule has 0 saturated heterocycles. The quantitative estimate of drug-likeness (QED) is 0.431. The molecule has 1 spiro atoms. The van der Waals surface area contributed by atoms with Crippen LogP contribution < -0.4 is 10.5 Å². The molecule has 32 heavy (non-hydrogen) atoms. The van der Waals surface area contributed by atoms with Gasteiger partial charge >= 0.3 is 0 Å². The van der Waals surface area contributed by atoms with E-state index in [4.69, 9.17) is 5.14 Å². The number of aliphatic hydroxyl groups excluding tert-OH is 1. The highest BCUT2D eigenvalue weighted by Gasteiger charge is 2.51. The van der Waals surface area contributed by atoms with Crippen molar-refractivity contribution < 1.29 is 23.5 Å². The number of nitrogens with zero attached hydrogens (tertiary/aromatic N) is 4. The molecule has 1 amide bonds. The van der Waals surface area contributed by atoms with E-state index in [1.54, 1.807) is 29.0 Å². The zero-order valence-electron chi connectivity index (χ0n) is 17.0. The van der Waals surface area contributed by atoms with Crippen LogP contribution in [0.1, 0.15) is 44.0 Å². The summed E-state index contributed by atoms with van der Waals surface area (Å²) in [6, 6.07) is 7.51. The first-order valence-corrected chi connectivity index (χ1v) is 11.7. The molecule has 3 heterocycles. The molecule has 11 nitrogen and oxygen atoms in total. The van der Waals surface area contributed by atoms with Gasteiger partial charge in [0.25, 0.3) is 5.91 Å². The zero-order chi connectivity index (χ0) is 22.7. The Kier molecular flexibility index (Phi) is 4.71. The molecule has 0 bridgehead atoms. The molecular formula is C20H22N6O5S. The largest absolute Gasteiger partial charge is 0.366 e. The van der Waals surface area contributed by atoms with E-state index in [9.17, 15) is 23.5 Å². The highest BCUT2D eigenvalue weighted by molar-refractivity contribution is 7.89. The number of nitrogens with one attached hydrogen (secondary N) is 1. The molecule has 3 aromatic rings. The van der Waals surface area contributed by atoms with E-state index in [1.165, 1.54) is 12.1 Å². The average molecular weight is 459 g/mol. The van der Waals surface area contributed by atoms with Crippen LogP contribution in [0.25, 0.3) is 11.0 Å². The molecular weight excluding hydrogens is 436 g/mol. The number of benzene rings is 1. The van der Waals surface area contributed by atoms with Gasteiger partial charge in [0.15, 0.2) is 6.23 Å². The number of primary sulfonamides is 1. The highest BCUT2D eigenvalue weighted by Crippen LogP contribution is 2.45. The second kappa shape index (κ2) is 7.24. The second-order valence-corrected chi connectivity index (χ2v) is 9.75. The average Bonchev–Trinajstić information content (AvgIpc) is 3.16. The molecule has 1 saturated carbocycles. The number of rotatable bonds is 3. The van der Waals surface area contributed by atoms with Crippen molar-refractivity contribution in [2.24, 2.45) is 5.14 Å². The monoisotopic (exact) mass is 458 g/mol. The standard InChI is InChI=1S/C20H22N6O5S/c21-32(30,31)14-6-4-13(5-7-14)23-19-22-11-12-10-15-17(27)26(29)18(28)20(8-2-1-3-9-20)25(15)16(12)24-19/h4-7,10-11,17,27,29H,1-3,8-9H2,(H2,21,30,31)(H,22,23,24). The first kappa shape index (κ1) is 20.8. The SMILES string of the molecule is NS(=O)(=O)c1ccc(Nc2ncc3cc4n(c3n2)C2(CCCCC2)C(=O)N(O)C4O)cc1. The molecule has 2 aromatic heterocycles. The molecule has 5 N–H and O–H groups in total. The Bertz CT molecular complexity index is 1310. The molecule has 1 fully saturated rings. The van der Waals surface area contributed by atoms with E-state index in [0.29, 0.717) is 40.3 Å². The lowest BCUT2D eigenvalue weighted by molar-refractivity contribution is -0.228. The van der Waals surface area contributed by atoms with Gasteiger partial charge in [0.2, 0.25) is 16.0 Å². The predicted molar refractivity (Wildman–Crippen MR) is 113 cm³/mol. The van der Waals surface area contributed by atoms with Crippen LogP contribution in [0.15, 0.2) is 41.4 Å². The van der Waals surface area contributed by atoms with Crippen molar-refractivity contribution in [3.8, 4) is 0 Å². The lowest BCUT2D eigenvalue weighted by Gasteiger charge is -2.45. The minimum atomic E-state index is -3.80. The minimum absolute atomic E-state index is 0.0135. The van der Waals surface area contributed by atoms with Gasteiger partial charge in [-0.15, -0.1) is 0 Å². The van der Waals surface area contributed by atoms with Crippen LogP contribution in [0.4, 0.5) is 11.6 Å². The Balaban J connectivity index is 1.59. The van der Waals surface area contributed by atoms with Crippen LogP contribution in [0.2, 0.25) is 0 Å². The van der Waals surface area contributed by atoms with Crippen molar-refractivity contribution in [1.82, 2.24) is 19.6 Å². The topological polar surface area (TPSA) is 164 Å². The molecule has 12 heteroatoms. The van der Waals surface area contributed by atoms with Crippen molar-refractivity contribution in [1.29, 1.82) is 0 Å². The fourth-order valence-corrected chi connectivity index (χ4v) is 5.20. The first-order valence-electron chi connectivity index (χ1n) is 10.2. The van der Waals surface area contributed by atoms with Gasteiger partial charge in [0, 0.05) is 17.3 Å². The molecule has 1 atom stereocenters. The Morgan fingerprint density at radius 1 is 1.16 bits per heavy atom. The number of fused-ring (bicyclic) bond motifs is 4. The van der Waals surface area contributed by atoms with E-state index in [2.05, 4.69) is 15.3 Å². The van der Waals surface area contributed by atoms with E-state index >= 15 is 0 Å². The van der Waals surface area contributed by atoms with E-state index in [1.807, 2.05) is 0 Å². The normalized spacial score (nSPS) is 20.5. The molecule has 5 rings (SSSR count). The third-order valence-corrected chi connectivity index (χ3v) is 7.15.